The van der Waals surface area contributed by atoms with Crippen LogP contribution in [-0.2, 0) is 0 Å². The minimum absolute atomic E-state index is 1.01. The molecule has 0 aliphatic rings. The van der Waals surface area contributed by atoms with Gasteiger partial charge in [0.2, 0.25) is 0 Å². The lowest BCUT2D eigenvalue weighted by molar-refractivity contribution is 1.49. The second kappa shape index (κ2) is 1.87. The van der Waals surface area contributed by atoms with Crippen LogP contribution in [0.4, 0.5) is 0 Å². The minimum atomic E-state index is -1.01. The quantitative estimate of drug-likeness (QED) is 0.482. The van der Waals surface area contributed by atoms with Gasteiger partial charge < -0.3 is 0 Å². The van der Waals surface area contributed by atoms with E-state index in [1.165, 1.54) is 5.75 Å². The highest BCUT2D eigenvalue weighted by atomic mass is 32.3. The van der Waals surface area contributed by atoms with Gasteiger partial charge in [0.25, 0.3) is 0 Å². The predicted octanol–water partition coefficient (Wildman–Crippen LogP) is 2.06. The molecule has 1 heteroatoms. The molecule has 0 unspecified atom stereocenters. The van der Waals surface area contributed by atoms with E-state index in [0.29, 0.717) is 0 Å². The summed E-state index contributed by atoms with van der Waals surface area (Å²) in [7, 11) is -1.01. The zero-order valence-electron chi connectivity index (χ0n) is 6.69. The fourth-order valence-electron chi connectivity index (χ4n) is 0.167. The molecule has 0 aromatic heterocycles. The van der Waals surface area contributed by atoms with Crippen molar-refractivity contribution in [3.05, 3.63) is 0 Å². The van der Waals surface area contributed by atoms with Gasteiger partial charge in [-0.15, -0.1) is 0 Å². The van der Waals surface area contributed by atoms with E-state index < -0.39 is 8.75 Å². The molecule has 0 amide bonds. The first kappa shape index (κ1) is 8.22. The van der Waals surface area contributed by atoms with E-state index in [1.807, 2.05) is 0 Å². The molecule has 0 rings (SSSR count). The lowest BCUT2D eigenvalue weighted by Crippen LogP contribution is -2.06. The Kier molecular flexibility index (Phi) is 1.92. The van der Waals surface area contributed by atoms with E-state index in [-0.39, 0.29) is 0 Å². The maximum absolute atomic E-state index is 2.37. The molecule has 0 saturated carbocycles. The Morgan fingerprint density at radius 1 is 1.25 bits per heavy atom. The van der Waals surface area contributed by atoms with Gasteiger partial charge >= 0.3 is 0 Å². The molecule has 0 atom stereocenters. The van der Waals surface area contributed by atoms with E-state index in [0.717, 1.165) is 0 Å². The van der Waals surface area contributed by atoms with E-state index in [4.69, 9.17) is 0 Å². The van der Waals surface area contributed by atoms with E-state index in [2.05, 4.69) is 38.0 Å². The van der Waals surface area contributed by atoms with Crippen molar-refractivity contribution in [2.75, 3.05) is 24.5 Å². The van der Waals surface area contributed by atoms with E-state index in [1.54, 1.807) is 0 Å². The van der Waals surface area contributed by atoms with Gasteiger partial charge in [-0.25, -0.2) is 0 Å². The van der Waals surface area contributed by atoms with Crippen molar-refractivity contribution in [1.29, 1.82) is 0 Å². The van der Waals surface area contributed by atoms with Gasteiger partial charge in [0.05, 0.1) is 0 Å². The van der Waals surface area contributed by atoms with Crippen molar-refractivity contribution in [3.8, 4) is 0 Å². The van der Waals surface area contributed by atoms with Gasteiger partial charge in [0.15, 0.2) is 0 Å². The first-order chi connectivity index (χ1) is 3.39. The summed E-state index contributed by atoms with van der Waals surface area (Å²) in [5, 5.41) is 2.37. The molecule has 0 heterocycles. The smallest absolute Gasteiger partial charge is 0.0294 e. The maximum atomic E-state index is 2.37. The van der Waals surface area contributed by atoms with Crippen LogP contribution >= 0.6 is 8.75 Å². The summed E-state index contributed by atoms with van der Waals surface area (Å²) < 4.78 is 0. The highest BCUT2D eigenvalue weighted by Gasteiger charge is 2.08. The van der Waals surface area contributed by atoms with Gasteiger partial charge in [0.1, 0.15) is 0 Å². The normalized spacial score (nSPS) is 16.9. The molecule has 0 fully saturated rings. The standard InChI is InChI=1S/C7H18S/c1-6-8(3,4,5)7-2/h6H,7H2,1-5H3. The molecule has 0 aromatic rings. The highest BCUT2D eigenvalue weighted by molar-refractivity contribution is 8.45. The summed E-state index contributed by atoms with van der Waals surface area (Å²) in [6, 6.07) is 0. The molecule has 52 valence electrons. The molecule has 0 aliphatic carbocycles. The minimum Gasteiger partial charge on any atom is -0.256 e. The Hall–Kier alpha value is 0.220. The zero-order chi connectivity index (χ0) is 6.86. The van der Waals surface area contributed by atoms with Crippen molar-refractivity contribution < 1.29 is 0 Å². The predicted molar refractivity (Wildman–Crippen MR) is 47.6 cm³/mol. The highest BCUT2D eigenvalue weighted by Crippen LogP contribution is 2.45. The fraction of sp³-hybridized carbons (Fsp3) is 0.857. The third-order valence-electron chi connectivity index (χ3n) is 1.91. The summed E-state index contributed by atoms with van der Waals surface area (Å²) in [4.78, 5) is 0. The lowest BCUT2D eigenvalue weighted by atomic mass is 11.0. The molecule has 0 spiro atoms. The molecule has 0 radical (unpaired) electrons. The number of rotatable bonds is 1. The number of hydrogen-bond donors (Lipinski definition) is 0. The molecular weight excluding hydrogens is 116 g/mol. The zero-order valence-corrected chi connectivity index (χ0v) is 7.51. The van der Waals surface area contributed by atoms with Crippen molar-refractivity contribution in [1.82, 2.24) is 0 Å². The Balaban J connectivity index is 4.51. The SMILES string of the molecule is CC=S(C)(C)(C)CC. The first-order valence-electron chi connectivity index (χ1n) is 3.03. The Bertz CT molecular complexity index is 125. The summed E-state index contributed by atoms with van der Waals surface area (Å²) in [6.07, 6.45) is 7.12. The van der Waals surface area contributed by atoms with Crippen LogP contribution in [0.5, 0.6) is 0 Å². The Morgan fingerprint density at radius 2 is 1.62 bits per heavy atom. The molecule has 8 heavy (non-hydrogen) atoms. The van der Waals surface area contributed by atoms with Crippen LogP contribution in [0.15, 0.2) is 0 Å². The van der Waals surface area contributed by atoms with Gasteiger partial charge in [-0.2, -0.15) is 0 Å². The second-order valence-corrected chi connectivity index (χ2v) is 10.5. The summed E-state index contributed by atoms with van der Waals surface area (Å²) in [5.74, 6) is 1.31. The van der Waals surface area contributed by atoms with Gasteiger partial charge in [-0.05, 0) is 31.4 Å². The fourth-order valence-corrected chi connectivity index (χ4v) is 0.500. The largest absolute Gasteiger partial charge is 0.256 e. The van der Waals surface area contributed by atoms with Gasteiger partial charge in [-0.3, -0.25) is 8.75 Å². The van der Waals surface area contributed by atoms with Gasteiger partial charge in [-0.1, -0.05) is 12.3 Å². The maximum Gasteiger partial charge on any atom is -0.0294 e. The van der Waals surface area contributed by atoms with Gasteiger partial charge in [0, 0.05) is 0 Å². The van der Waals surface area contributed by atoms with Crippen LogP contribution in [0.25, 0.3) is 0 Å². The van der Waals surface area contributed by atoms with Crippen LogP contribution in [0.1, 0.15) is 13.8 Å². The van der Waals surface area contributed by atoms with Crippen molar-refractivity contribution in [2.45, 2.75) is 13.8 Å². The molecule has 0 N–H and O–H groups in total. The molecule has 0 nitrogen and oxygen atoms in total. The van der Waals surface area contributed by atoms with Crippen LogP contribution in [0, 0.1) is 0 Å². The van der Waals surface area contributed by atoms with Crippen LogP contribution in [-0.4, -0.2) is 29.9 Å². The average Bonchev–Trinajstić information content (AvgIpc) is 1.68. The summed E-state index contributed by atoms with van der Waals surface area (Å²) in [6.45, 7) is 4.44. The monoisotopic (exact) mass is 134 g/mol. The van der Waals surface area contributed by atoms with Crippen molar-refractivity contribution in [3.63, 3.8) is 0 Å². The van der Waals surface area contributed by atoms with Crippen LogP contribution in [0.2, 0.25) is 0 Å². The summed E-state index contributed by atoms with van der Waals surface area (Å²) >= 11 is 0. The number of hydrogen-bond acceptors (Lipinski definition) is 0. The first-order valence-corrected chi connectivity index (χ1v) is 6.53. The average molecular weight is 134 g/mol. The third-order valence-corrected chi connectivity index (χ3v) is 5.72. The molecular formula is C7H18S. The second-order valence-electron chi connectivity index (χ2n) is 3.49. The molecule has 0 saturated heterocycles. The molecule has 0 bridgehead atoms. The Labute approximate surface area is 53.2 Å². The third kappa shape index (κ3) is 2.51. The van der Waals surface area contributed by atoms with Crippen molar-refractivity contribution >= 4 is 14.1 Å². The van der Waals surface area contributed by atoms with Crippen LogP contribution in [0.3, 0.4) is 0 Å². The Morgan fingerprint density at radius 3 is 1.62 bits per heavy atom. The van der Waals surface area contributed by atoms with Crippen molar-refractivity contribution in [2.24, 2.45) is 0 Å². The lowest BCUT2D eigenvalue weighted by Gasteiger charge is -2.35. The molecule has 0 aromatic carbocycles. The molecule has 0 aliphatic heterocycles. The van der Waals surface area contributed by atoms with E-state index in [9.17, 15) is 0 Å². The van der Waals surface area contributed by atoms with E-state index >= 15 is 0 Å². The topological polar surface area (TPSA) is 0 Å². The summed E-state index contributed by atoms with van der Waals surface area (Å²) in [5.41, 5.74) is 0. The van der Waals surface area contributed by atoms with Crippen LogP contribution < -0.4 is 0 Å².